The zero-order valence-electron chi connectivity index (χ0n) is 13.0. The molecule has 5 nitrogen and oxygen atoms in total. The highest BCUT2D eigenvalue weighted by Gasteiger charge is 2.20. The first-order valence-electron chi connectivity index (χ1n) is 6.98. The Morgan fingerprint density at radius 2 is 2.18 bits per heavy atom. The van der Waals surface area contributed by atoms with Gasteiger partial charge in [-0.1, -0.05) is 18.5 Å². The van der Waals surface area contributed by atoms with Gasteiger partial charge in [-0.3, -0.25) is 0 Å². The number of carbonyl (C=O) groups is 1. The Kier molecular flexibility index (Phi) is 5.08. The Hall–Kier alpha value is -2.01. The van der Waals surface area contributed by atoms with Gasteiger partial charge in [0.05, 0.1) is 18.2 Å². The molecule has 1 atom stereocenters. The Morgan fingerprint density at radius 1 is 1.45 bits per heavy atom. The quantitative estimate of drug-likeness (QED) is 0.610. The molecule has 0 aromatic heterocycles. The highest BCUT2D eigenvalue weighted by atomic mass is 35.5. The zero-order chi connectivity index (χ0) is 16.3. The van der Waals surface area contributed by atoms with Crippen LogP contribution in [0, 0.1) is 0 Å². The van der Waals surface area contributed by atoms with Gasteiger partial charge in [-0.15, -0.1) is 0 Å². The predicted molar refractivity (Wildman–Crippen MR) is 85.6 cm³/mol. The largest absolute Gasteiger partial charge is 0.493 e. The molecule has 1 aromatic rings. The lowest BCUT2D eigenvalue weighted by molar-refractivity contribution is -0.130. The highest BCUT2D eigenvalue weighted by molar-refractivity contribution is 6.32. The van der Waals surface area contributed by atoms with Crippen LogP contribution in [-0.4, -0.2) is 25.1 Å². The van der Waals surface area contributed by atoms with Crippen LogP contribution in [-0.2, 0) is 9.53 Å². The van der Waals surface area contributed by atoms with E-state index in [1.54, 1.807) is 25.1 Å². The first-order chi connectivity index (χ1) is 10.4. The molecular formula is C16H18ClNO4. The van der Waals surface area contributed by atoms with Gasteiger partial charge in [0.25, 0.3) is 0 Å². The number of halogens is 1. The maximum Gasteiger partial charge on any atom is 0.363 e. The molecule has 1 heterocycles. The number of hydrogen-bond donors (Lipinski definition) is 0. The van der Waals surface area contributed by atoms with Gasteiger partial charge >= 0.3 is 5.97 Å². The van der Waals surface area contributed by atoms with E-state index in [1.165, 1.54) is 7.11 Å². The summed E-state index contributed by atoms with van der Waals surface area (Å²) in [6, 6.07) is 3.44. The number of aliphatic imine (C=N–C) groups is 1. The second-order valence-electron chi connectivity index (χ2n) is 4.92. The van der Waals surface area contributed by atoms with E-state index in [0.29, 0.717) is 28.0 Å². The standard InChI is InChI=1S/C16H18ClNO4/c1-5-9(2)21-15-12(17)6-11(8-14(15)20-4)7-13-16(19)22-10(3)18-13/h6-9H,5H2,1-4H3/b13-7+/t9-/m0/s1. The minimum atomic E-state index is -0.479. The van der Waals surface area contributed by atoms with Crippen molar-refractivity contribution in [2.75, 3.05) is 7.11 Å². The number of hydrogen-bond acceptors (Lipinski definition) is 5. The molecule has 1 aliphatic heterocycles. The molecule has 0 spiro atoms. The van der Waals surface area contributed by atoms with E-state index in [-0.39, 0.29) is 11.8 Å². The van der Waals surface area contributed by atoms with Gasteiger partial charge in [0.15, 0.2) is 23.1 Å². The minimum absolute atomic E-state index is 0.0210. The monoisotopic (exact) mass is 323 g/mol. The zero-order valence-corrected chi connectivity index (χ0v) is 13.7. The Bertz CT molecular complexity index is 652. The van der Waals surface area contributed by atoms with Gasteiger partial charge in [0.2, 0.25) is 0 Å². The predicted octanol–water partition coefficient (Wildman–Crippen LogP) is 3.84. The molecule has 0 N–H and O–H groups in total. The van der Waals surface area contributed by atoms with E-state index in [2.05, 4.69) is 4.99 Å². The van der Waals surface area contributed by atoms with Gasteiger partial charge in [-0.2, -0.15) is 0 Å². The average Bonchev–Trinajstić information content (AvgIpc) is 2.79. The molecule has 0 unspecified atom stereocenters. The van der Waals surface area contributed by atoms with Gasteiger partial charge in [0, 0.05) is 6.92 Å². The number of cyclic esters (lactones) is 1. The van der Waals surface area contributed by atoms with Crippen LogP contribution in [0.4, 0.5) is 0 Å². The van der Waals surface area contributed by atoms with Crippen LogP contribution < -0.4 is 9.47 Å². The molecule has 0 aliphatic carbocycles. The van der Waals surface area contributed by atoms with Crippen molar-refractivity contribution in [2.45, 2.75) is 33.3 Å². The van der Waals surface area contributed by atoms with Crippen molar-refractivity contribution in [1.29, 1.82) is 0 Å². The van der Waals surface area contributed by atoms with Gasteiger partial charge in [-0.25, -0.2) is 9.79 Å². The maximum atomic E-state index is 11.6. The number of rotatable bonds is 5. The number of benzene rings is 1. The summed E-state index contributed by atoms with van der Waals surface area (Å²) >= 11 is 6.28. The van der Waals surface area contributed by atoms with Crippen molar-refractivity contribution in [2.24, 2.45) is 4.99 Å². The summed E-state index contributed by atoms with van der Waals surface area (Å²) in [5, 5.41) is 0.415. The van der Waals surface area contributed by atoms with E-state index in [9.17, 15) is 4.79 Å². The topological polar surface area (TPSA) is 57.1 Å². The van der Waals surface area contributed by atoms with Crippen LogP contribution in [0.15, 0.2) is 22.8 Å². The lowest BCUT2D eigenvalue weighted by atomic mass is 10.1. The fourth-order valence-corrected chi connectivity index (χ4v) is 2.16. The molecule has 0 amide bonds. The van der Waals surface area contributed by atoms with E-state index in [0.717, 1.165) is 6.42 Å². The maximum absolute atomic E-state index is 11.6. The normalized spacial score (nSPS) is 17.2. The van der Waals surface area contributed by atoms with Gasteiger partial charge in [-0.05, 0) is 37.1 Å². The number of nitrogens with zero attached hydrogens (tertiary/aromatic N) is 1. The summed E-state index contributed by atoms with van der Waals surface area (Å²) in [6.07, 6.45) is 2.47. The fraction of sp³-hybridized carbons (Fsp3) is 0.375. The third-order valence-corrected chi connectivity index (χ3v) is 3.46. The molecule has 1 aliphatic rings. The smallest absolute Gasteiger partial charge is 0.363 e. The number of esters is 1. The number of methoxy groups -OCH3 is 1. The Labute approximate surface area is 134 Å². The van der Waals surface area contributed by atoms with Crippen LogP contribution in [0.3, 0.4) is 0 Å². The Balaban J connectivity index is 2.38. The summed E-state index contributed by atoms with van der Waals surface area (Å²) in [5.74, 6) is 0.847. The molecule has 6 heteroatoms. The molecule has 118 valence electrons. The average molecular weight is 324 g/mol. The van der Waals surface area contributed by atoms with Gasteiger partial charge < -0.3 is 14.2 Å². The van der Waals surface area contributed by atoms with Crippen molar-refractivity contribution in [3.05, 3.63) is 28.4 Å². The van der Waals surface area contributed by atoms with Crippen molar-refractivity contribution < 1.29 is 19.0 Å². The molecule has 1 aromatic carbocycles. The first kappa shape index (κ1) is 16.4. The molecule has 0 radical (unpaired) electrons. The van der Waals surface area contributed by atoms with Crippen molar-refractivity contribution >= 4 is 29.5 Å². The van der Waals surface area contributed by atoms with Crippen LogP contribution in [0.25, 0.3) is 6.08 Å². The minimum Gasteiger partial charge on any atom is -0.493 e. The van der Waals surface area contributed by atoms with E-state index >= 15 is 0 Å². The fourth-order valence-electron chi connectivity index (χ4n) is 1.90. The first-order valence-corrected chi connectivity index (χ1v) is 7.35. The highest BCUT2D eigenvalue weighted by Crippen LogP contribution is 2.38. The van der Waals surface area contributed by atoms with E-state index in [4.69, 9.17) is 25.8 Å². The van der Waals surface area contributed by atoms with Gasteiger partial charge in [0.1, 0.15) is 0 Å². The van der Waals surface area contributed by atoms with Crippen LogP contribution in [0.1, 0.15) is 32.8 Å². The molecule has 2 rings (SSSR count). The molecule has 22 heavy (non-hydrogen) atoms. The lowest BCUT2D eigenvalue weighted by Crippen LogP contribution is -2.11. The summed E-state index contributed by atoms with van der Waals surface area (Å²) in [5.41, 5.74) is 0.912. The molecular weight excluding hydrogens is 306 g/mol. The van der Waals surface area contributed by atoms with E-state index < -0.39 is 5.97 Å². The van der Waals surface area contributed by atoms with Crippen LogP contribution in [0.2, 0.25) is 5.02 Å². The number of carbonyl (C=O) groups excluding carboxylic acids is 1. The summed E-state index contributed by atoms with van der Waals surface area (Å²) in [4.78, 5) is 15.6. The SMILES string of the molecule is CC[C@H](C)Oc1c(Cl)cc(/C=C2/N=C(C)OC2=O)cc1OC. The lowest BCUT2D eigenvalue weighted by Gasteiger charge is -2.17. The second kappa shape index (κ2) is 6.83. The molecule has 0 bridgehead atoms. The third-order valence-electron chi connectivity index (χ3n) is 3.18. The summed E-state index contributed by atoms with van der Waals surface area (Å²) < 4.78 is 16.0. The Morgan fingerprint density at radius 3 is 2.73 bits per heavy atom. The van der Waals surface area contributed by atoms with Crippen molar-refractivity contribution in [1.82, 2.24) is 0 Å². The summed E-state index contributed by atoms with van der Waals surface area (Å²) in [7, 11) is 1.54. The molecule has 0 saturated heterocycles. The van der Waals surface area contributed by atoms with Crippen LogP contribution >= 0.6 is 11.6 Å². The van der Waals surface area contributed by atoms with Crippen molar-refractivity contribution in [3.63, 3.8) is 0 Å². The van der Waals surface area contributed by atoms with Crippen LogP contribution in [0.5, 0.6) is 11.5 Å². The number of ether oxygens (including phenoxy) is 3. The molecule has 0 saturated carbocycles. The second-order valence-corrected chi connectivity index (χ2v) is 5.33. The molecule has 0 fully saturated rings. The van der Waals surface area contributed by atoms with E-state index in [1.807, 2.05) is 13.8 Å². The third kappa shape index (κ3) is 3.60. The van der Waals surface area contributed by atoms with Crippen molar-refractivity contribution in [3.8, 4) is 11.5 Å². The summed E-state index contributed by atoms with van der Waals surface area (Å²) in [6.45, 7) is 5.60.